The first kappa shape index (κ1) is 19.9. The number of halogens is 3. The van der Waals surface area contributed by atoms with Crippen molar-refractivity contribution < 1.29 is 13.2 Å². The molecular weight excluding hydrogens is 399 g/mol. The van der Waals surface area contributed by atoms with Gasteiger partial charge in [0, 0.05) is 10.5 Å². The van der Waals surface area contributed by atoms with Crippen LogP contribution in [0, 0.1) is 29.3 Å². The van der Waals surface area contributed by atoms with E-state index in [1.807, 2.05) is 11.4 Å². The third-order valence-corrected chi connectivity index (χ3v) is 4.73. The predicted octanol–water partition coefficient (Wildman–Crippen LogP) is 6.63. The Labute approximate surface area is 170 Å². The lowest BCUT2D eigenvalue weighted by Gasteiger charge is -2.05. The van der Waals surface area contributed by atoms with Crippen LogP contribution in [0.5, 0.6) is 0 Å². The second kappa shape index (κ2) is 8.90. The molecule has 0 unspecified atom stereocenters. The molecule has 3 rings (SSSR count). The Balaban J connectivity index is 1.86. The number of nitrogens with zero attached hydrogens (tertiary/aromatic N) is 1. The molecule has 0 heterocycles. The zero-order valence-corrected chi connectivity index (χ0v) is 16.2. The minimum absolute atomic E-state index is 0.306. The van der Waals surface area contributed by atoms with Gasteiger partial charge in [0.15, 0.2) is 11.6 Å². The number of isothiocyanates is 1. The molecule has 0 aliphatic heterocycles. The quantitative estimate of drug-likeness (QED) is 0.208. The minimum atomic E-state index is -0.819. The standard InChI is InChI=1S/C22H12F3NS2/c1-28-18-9-8-16(19(23)12-18)7-4-14-2-5-15(6-3-14)17-10-20(24)22(26-13-27)21(25)11-17/h2-3,5-6,8-12H,1H3. The normalized spacial score (nSPS) is 10.0. The molecule has 0 saturated carbocycles. The van der Waals surface area contributed by atoms with Gasteiger partial charge in [0.25, 0.3) is 0 Å². The summed E-state index contributed by atoms with van der Waals surface area (Å²) in [7, 11) is 0. The summed E-state index contributed by atoms with van der Waals surface area (Å²) in [5.41, 5.74) is 1.46. The lowest BCUT2D eigenvalue weighted by atomic mass is 10.0. The molecule has 0 aromatic heterocycles. The monoisotopic (exact) mass is 411 g/mol. The number of hydrogen-bond acceptors (Lipinski definition) is 3. The summed E-state index contributed by atoms with van der Waals surface area (Å²) >= 11 is 5.84. The second-order valence-electron chi connectivity index (χ2n) is 5.66. The van der Waals surface area contributed by atoms with Gasteiger partial charge in [-0.1, -0.05) is 24.0 Å². The van der Waals surface area contributed by atoms with Crippen molar-refractivity contribution in [2.45, 2.75) is 4.90 Å². The lowest BCUT2D eigenvalue weighted by Crippen LogP contribution is -1.87. The summed E-state index contributed by atoms with van der Waals surface area (Å²) in [5.74, 6) is 3.67. The van der Waals surface area contributed by atoms with Crippen LogP contribution in [0.4, 0.5) is 18.9 Å². The molecular formula is C22H12F3NS2. The average molecular weight is 411 g/mol. The molecule has 0 atom stereocenters. The molecule has 0 fully saturated rings. The largest absolute Gasteiger partial charge is 0.206 e. The summed E-state index contributed by atoms with van der Waals surface area (Å²) in [6, 6.07) is 14.0. The molecule has 0 bridgehead atoms. The van der Waals surface area contributed by atoms with Gasteiger partial charge in [-0.2, -0.15) is 4.99 Å². The fraction of sp³-hybridized carbons (Fsp3) is 0.0455. The summed E-state index contributed by atoms with van der Waals surface area (Å²) in [4.78, 5) is 4.22. The summed E-state index contributed by atoms with van der Waals surface area (Å²) < 4.78 is 42.0. The van der Waals surface area contributed by atoms with E-state index in [1.165, 1.54) is 30.0 Å². The Bertz CT molecular complexity index is 1120. The van der Waals surface area contributed by atoms with Crippen molar-refractivity contribution in [3.8, 4) is 23.0 Å². The van der Waals surface area contributed by atoms with Crippen molar-refractivity contribution >= 4 is 34.8 Å². The van der Waals surface area contributed by atoms with Crippen molar-refractivity contribution in [1.82, 2.24) is 0 Å². The van der Waals surface area contributed by atoms with Gasteiger partial charge in [-0.05, 0) is 72.1 Å². The van der Waals surface area contributed by atoms with Crippen LogP contribution >= 0.6 is 24.0 Å². The Morgan fingerprint density at radius 2 is 1.50 bits per heavy atom. The highest BCUT2D eigenvalue weighted by atomic mass is 32.2. The Morgan fingerprint density at radius 1 is 0.821 bits per heavy atom. The third kappa shape index (κ3) is 4.52. The molecule has 3 aromatic carbocycles. The second-order valence-corrected chi connectivity index (χ2v) is 6.73. The van der Waals surface area contributed by atoms with E-state index < -0.39 is 17.3 Å². The van der Waals surface area contributed by atoms with Gasteiger partial charge >= 0.3 is 0 Å². The molecule has 1 nitrogen and oxygen atoms in total. The van der Waals surface area contributed by atoms with Crippen LogP contribution in [-0.4, -0.2) is 11.4 Å². The molecule has 0 spiro atoms. The van der Waals surface area contributed by atoms with Gasteiger partial charge in [0.05, 0.1) is 10.7 Å². The first-order valence-corrected chi connectivity index (χ1v) is 9.68. The van der Waals surface area contributed by atoms with Gasteiger partial charge in [-0.25, -0.2) is 13.2 Å². The van der Waals surface area contributed by atoms with Crippen LogP contribution in [0.25, 0.3) is 11.1 Å². The van der Waals surface area contributed by atoms with Crippen LogP contribution in [0.1, 0.15) is 11.1 Å². The Kier molecular flexibility index (Phi) is 6.33. The first-order chi connectivity index (χ1) is 13.5. The molecule has 0 aliphatic carbocycles. The first-order valence-electron chi connectivity index (χ1n) is 8.04. The predicted molar refractivity (Wildman–Crippen MR) is 111 cm³/mol. The maximum Gasteiger partial charge on any atom is 0.153 e. The number of benzene rings is 3. The average Bonchev–Trinajstić information content (AvgIpc) is 2.70. The topological polar surface area (TPSA) is 12.4 Å². The van der Waals surface area contributed by atoms with Gasteiger partial charge in [0.2, 0.25) is 0 Å². The highest BCUT2D eigenvalue weighted by Crippen LogP contribution is 2.29. The summed E-state index contributed by atoms with van der Waals surface area (Å²) in [6.07, 6.45) is 1.87. The SMILES string of the molecule is CSc1ccc(C#Cc2ccc(-c3cc(F)c(N=C=S)c(F)c3)cc2)c(F)c1. The van der Waals surface area contributed by atoms with Crippen LogP contribution in [0.3, 0.4) is 0 Å². The van der Waals surface area contributed by atoms with Crippen LogP contribution < -0.4 is 0 Å². The van der Waals surface area contributed by atoms with Crippen LogP contribution in [0.2, 0.25) is 0 Å². The fourth-order valence-corrected chi connectivity index (χ4v) is 3.01. The smallest absolute Gasteiger partial charge is 0.153 e. The molecule has 0 aliphatic rings. The molecule has 3 aromatic rings. The molecule has 0 radical (unpaired) electrons. The maximum atomic E-state index is 14.0. The molecule has 28 heavy (non-hydrogen) atoms. The molecule has 0 amide bonds. The van der Waals surface area contributed by atoms with E-state index in [9.17, 15) is 13.2 Å². The molecule has 6 heteroatoms. The van der Waals surface area contributed by atoms with Crippen molar-refractivity contribution in [1.29, 1.82) is 0 Å². The Hall–Kier alpha value is -2.84. The highest BCUT2D eigenvalue weighted by Gasteiger charge is 2.11. The van der Waals surface area contributed by atoms with Crippen LogP contribution in [-0.2, 0) is 0 Å². The van der Waals surface area contributed by atoms with Gasteiger partial charge in [-0.15, -0.1) is 11.8 Å². The van der Waals surface area contributed by atoms with E-state index in [4.69, 9.17) is 0 Å². The van der Waals surface area contributed by atoms with E-state index in [2.05, 4.69) is 29.1 Å². The number of hydrogen-bond donors (Lipinski definition) is 0. The maximum absolute atomic E-state index is 14.0. The Morgan fingerprint density at radius 3 is 2.07 bits per heavy atom. The van der Waals surface area contributed by atoms with Crippen molar-refractivity contribution in [3.63, 3.8) is 0 Å². The van der Waals surface area contributed by atoms with Crippen LogP contribution in [0.15, 0.2) is 64.5 Å². The van der Waals surface area contributed by atoms with Gasteiger partial charge < -0.3 is 0 Å². The molecule has 0 N–H and O–H groups in total. The zero-order chi connectivity index (χ0) is 20.1. The van der Waals surface area contributed by atoms with Crippen molar-refractivity contribution in [3.05, 3.63) is 83.2 Å². The number of thioether (sulfide) groups is 1. The number of rotatable bonds is 3. The van der Waals surface area contributed by atoms with E-state index in [1.54, 1.807) is 36.4 Å². The van der Waals surface area contributed by atoms with E-state index >= 15 is 0 Å². The minimum Gasteiger partial charge on any atom is -0.206 e. The van der Waals surface area contributed by atoms with E-state index in [0.717, 1.165) is 4.90 Å². The summed E-state index contributed by atoms with van der Waals surface area (Å²) in [6.45, 7) is 0. The van der Waals surface area contributed by atoms with Gasteiger partial charge in [0.1, 0.15) is 11.5 Å². The third-order valence-electron chi connectivity index (χ3n) is 3.91. The number of thiocarbonyl (C=S) groups is 1. The van der Waals surface area contributed by atoms with E-state index in [-0.39, 0.29) is 5.82 Å². The van der Waals surface area contributed by atoms with Crippen molar-refractivity contribution in [2.24, 2.45) is 4.99 Å². The van der Waals surface area contributed by atoms with E-state index in [0.29, 0.717) is 22.3 Å². The summed E-state index contributed by atoms with van der Waals surface area (Å²) in [5, 5.41) is 1.96. The fourth-order valence-electron chi connectivity index (χ4n) is 2.49. The molecule has 0 saturated heterocycles. The highest BCUT2D eigenvalue weighted by molar-refractivity contribution is 7.98. The van der Waals surface area contributed by atoms with Crippen molar-refractivity contribution in [2.75, 3.05) is 6.26 Å². The van der Waals surface area contributed by atoms with Gasteiger partial charge in [-0.3, -0.25) is 0 Å². The lowest BCUT2D eigenvalue weighted by molar-refractivity contribution is 0.588. The number of aliphatic imine (C=N–C) groups is 1. The molecule has 138 valence electrons. The zero-order valence-electron chi connectivity index (χ0n) is 14.6.